The molecule has 11 heteroatoms. The Kier molecular flexibility index (Phi) is 7.11. The molecule has 1 aliphatic heterocycles. The highest BCUT2D eigenvalue weighted by Crippen LogP contribution is 2.45. The van der Waals surface area contributed by atoms with Crippen molar-refractivity contribution in [3.05, 3.63) is 88.2 Å². The number of pyridine rings is 2. The molecule has 2 aliphatic rings. The summed E-state index contributed by atoms with van der Waals surface area (Å²) in [5.74, 6) is -2.06. The van der Waals surface area contributed by atoms with E-state index < -0.39 is 35.4 Å². The molecular weight excluding hydrogens is 521 g/mol. The van der Waals surface area contributed by atoms with Crippen LogP contribution in [0.25, 0.3) is 0 Å². The highest BCUT2D eigenvalue weighted by Gasteiger charge is 2.53. The van der Waals surface area contributed by atoms with E-state index in [0.717, 1.165) is 12.3 Å². The number of fused-ring (bicyclic) bond motifs is 1. The van der Waals surface area contributed by atoms with Gasteiger partial charge in [-0.1, -0.05) is 29.8 Å². The van der Waals surface area contributed by atoms with Gasteiger partial charge >= 0.3 is 0 Å². The summed E-state index contributed by atoms with van der Waals surface area (Å²) in [4.78, 5) is 35.3. The van der Waals surface area contributed by atoms with Gasteiger partial charge in [0.1, 0.15) is 17.2 Å². The maximum Gasteiger partial charge on any atom is 0.281 e. The van der Waals surface area contributed by atoms with Gasteiger partial charge in [-0.05, 0) is 55.9 Å². The molecule has 2 amide bonds. The molecule has 198 valence electrons. The van der Waals surface area contributed by atoms with Crippen LogP contribution < -0.4 is 10.2 Å². The highest BCUT2D eigenvalue weighted by atomic mass is 35.5. The number of alkyl halides is 2. The summed E-state index contributed by atoms with van der Waals surface area (Å²) in [6.45, 7) is 0.293. The molecule has 1 saturated carbocycles. The third-order valence-electron chi connectivity index (χ3n) is 7.20. The fourth-order valence-corrected chi connectivity index (χ4v) is 5.47. The molecule has 1 atom stereocenters. The number of para-hydroxylation sites is 1. The first-order valence-corrected chi connectivity index (χ1v) is 12.6. The van der Waals surface area contributed by atoms with E-state index in [-0.39, 0.29) is 33.8 Å². The van der Waals surface area contributed by atoms with Gasteiger partial charge < -0.3 is 15.3 Å². The van der Waals surface area contributed by atoms with Crippen molar-refractivity contribution >= 4 is 29.1 Å². The Morgan fingerprint density at radius 3 is 2.61 bits per heavy atom. The lowest BCUT2D eigenvalue weighted by Gasteiger charge is -2.32. The van der Waals surface area contributed by atoms with Crippen LogP contribution in [0.3, 0.4) is 0 Å². The molecule has 1 fully saturated rings. The predicted molar refractivity (Wildman–Crippen MR) is 133 cm³/mol. The lowest BCUT2D eigenvalue weighted by atomic mass is 9.85. The molecule has 3 heterocycles. The van der Waals surface area contributed by atoms with Gasteiger partial charge in [0.05, 0.1) is 16.3 Å². The topological polar surface area (TPSA) is 95.4 Å². The van der Waals surface area contributed by atoms with Crippen molar-refractivity contribution in [2.75, 3.05) is 11.4 Å². The van der Waals surface area contributed by atoms with Gasteiger partial charge in [-0.2, -0.15) is 0 Å². The number of amides is 2. The van der Waals surface area contributed by atoms with Crippen molar-refractivity contribution in [2.24, 2.45) is 5.92 Å². The Bertz CT molecular complexity index is 1380. The Hall–Kier alpha value is -3.50. The molecule has 38 heavy (non-hydrogen) atoms. The summed E-state index contributed by atoms with van der Waals surface area (Å²) in [7, 11) is 0. The molecule has 1 aromatic carbocycles. The van der Waals surface area contributed by atoms with Crippen LogP contribution in [-0.2, 0) is 10.4 Å². The smallest absolute Gasteiger partial charge is 0.281 e. The Morgan fingerprint density at radius 2 is 1.89 bits per heavy atom. The number of aromatic nitrogens is 2. The number of anilines is 1. The van der Waals surface area contributed by atoms with E-state index in [4.69, 9.17) is 11.6 Å². The van der Waals surface area contributed by atoms with E-state index in [1.807, 2.05) is 0 Å². The van der Waals surface area contributed by atoms with E-state index in [1.54, 1.807) is 24.3 Å². The Labute approximate surface area is 221 Å². The minimum atomic E-state index is -2.91. The van der Waals surface area contributed by atoms with Crippen LogP contribution in [-0.4, -0.2) is 39.5 Å². The van der Waals surface area contributed by atoms with Gasteiger partial charge in [0.25, 0.3) is 18.2 Å². The Balaban J connectivity index is 1.27. The van der Waals surface area contributed by atoms with E-state index in [2.05, 4.69) is 15.3 Å². The molecule has 1 aliphatic carbocycles. The lowest BCUT2D eigenvalue weighted by molar-refractivity contribution is -0.132. The molecule has 0 bridgehead atoms. The molecule has 5 rings (SSSR count). The number of nitrogens with zero attached hydrogens (tertiary/aromatic N) is 3. The van der Waals surface area contributed by atoms with E-state index in [1.165, 1.54) is 23.2 Å². The number of rotatable bonds is 6. The maximum absolute atomic E-state index is 14.6. The third-order valence-corrected chi connectivity index (χ3v) is 7.41. The van der Waals surface area contributed by atoms with Crippen molar-refractivity contribution in [1.82, 2.24) is 15.3 Å². The first-order valence-electron chi connectivity index (χ1n) is 12.2. The zero-order valence-corrected chi connectivity index (χ0v) is 20.8. The number of hydrogen-bond acceptors (Lipinski definition) is 5. The summed E-state index contributed by atoms with van der Waals surface area (Å²) < 4.78 is 41.2. The number of hydrogen-bond donors (Lipinski definition) is 2. The van der Waals surface area contributed by atoms with Crippen LogP contribution in [0.2, 0.25) is 5.02 Å². The quantitative estimate of drug-likeness (QED) is 0.466. The monoisotopic (exact) mass is 544 g/mol. The number of carbonyl (C=O) groups is 2. The number of aliphatic hydroxyl groups is 1. The van der Waals surface area contributed by atoms with Crippen LogP contribution in [0, 0.1) is 11.7 Å². The summed E-state index contributed by atoms with van der Waals surface area (Å²) in [6.07, 6.45) is 1.91. The van der Waals surface area contributed by atoms with Crippen LogP contribution in [0.5, 0.6) is 0 Å². The number of carbonyl (C=O) groups excluding carboxylic acids is 2. The Morgan fingerprint density at radius 1 is 1.16 bits per heavy atom. The van der Waals surface area contributed by atoms with Gasteiger partial charge in [-0.25, -0.2) is 13.2 Å². The second-order valence-corrected chi connectivity index (χ2v) is 9.99. The predicted octanol–water partition coefficient (Wildman–Crippen LogP) is 4.78. The number of benzene rings is 1. The molecule has 1 unspecified atom stereocenters. The van der Waals surface area contributed by atoms with E-state index in [9.17, 15) is 27.9 Å². The van der Waals surface area contributed by atoms with E-state index >= 15 is 0 Å². The summed E-state index contributed by atoms with van der Waals surface area (Å²) in [6, 6.07) is 10.2. The van der Waals surface area contributed by atoms with Crippen molar-refractivity contribution in [2.45, 2.75) is 43.8 Å². The van der Waals surface area contributed by atoms with Gasteiger partial charge in [-0.15, -0.1) is 0 Å². The first-order chi connectivity index (χ1) is 18.2. The average molecular weight is 545 g/mol. The van der Waals surface area contributed by atoms with Gasteiger partial charge in [-0.3, -0.25) is 19.6 Å². The van der Waals surface area contributed by atoms with Crippen LogP contribution in [0.15, 0.2) is 54.9 Å². The summed E-state index contributed by atoms with van der Waals surface area (Å²) in [5.41, 5.74) is -2.69. The first kappa shape index (κ1) is 26.1. The SMILES string of the molecule is O=C(NC1CCC(CN2C(=O)C(O)(c3ncccc3F)c3ccccc32)CC1)c1cc(Cl)cnc1C(F)F. The molecule has 7 nitrogen and oxygen atoms in total. The molecule has 2 aromatic heterocycles. The molecule has 0 saturated heterocycles. The average Bonchev–Trinajstić information content (AvgIpc) is 3.12. The minimum absolute atomic E-state index is 0.0422. The van der Waals surface area contributed by atoms with Gasteiger partial charge in [0, 0.05) is 30.5 Å². The fraction of sp³-hybridized carbons (Fsp3) is 0.333. The van der Waals surface area contributed by atoms with Crippen LogP contribution >= 0.6 is 11.6 Å². The highest BCUT2D eigenvalue weighted by molar-refractivity contribution is 6.30. The van der Waals surface area contributed by atoms with Gasteiger partial charge in [0.15, 0.2) is 0 Å². The molecular formula is C27H24ClF3N4O3. The molecule has 0 radical (unpaired) electrons. The third kappa shape index (κ3) is 4.63. The van der Waals surface area contributed by atoms with Crippen molar-refractivity contribution in [1.29, 1.82) is 0 Å². The van der Waals surface area contributed by atoms with Crippen molar-refractivity contribution < 1.29 is 27.9 Å². The normalized spacial score (nSPS) is 23.0. The van der Waals surface area contributed by atoms with Gasteiger partial charge in [0.2, 0.25) is 5.60 Å². The largest absolute Gasteiger partial charge is 0.370 e. The van der Waals surface area contributed by atoms with Crippen LogP contribution in [0.4, 0.5) is 18.9 Å². The summed E-state index contributed by atoms with van der Waals surface area (Å²) in [5, 5.41) is 14.4. The van der Waals surface area contributed by atoms with Crippen molar-refractivity contribution in [3.8, 4) is 0 Å². The molecule has 0 spiro atoms. The second kappa shape index (κ2) is 10.3. The van der Waals surface area contributed by atoms with Crippen molar-refractivity contribution in [3.63, 3.8) is 0 Å². The van der Waals surface area contributed by atoms with E-state index in [0.29, 0.717) is 37.9 Å². The number of nitrogens with one attached hydrogen (secondary N) is 1. The summed E-state index contributed by atoms with van der Waals surface area (Å²) >= 11 is 5.86. The lowest BCUT2D eigenvalue weighted by Crippen LogP contribution is -2.45. The zero-order chi connectivity index (χ0) is 27.0. The second-order valence-electron chi connectivity index (χ2n) is 9.56. The maximum atomic E-state index is 14.6. The number of halogens is 4. The zero-order valence-electron chi connectivity index (χ0n) is 20.1. The molecule has 3 aromatic rings. The molecule has 2 N–H and O–H groups in total. The standard InChI is InChI=1S/C27H24ClF3N4O3/c28-16-12-18(22(24(30)31)33-13-16)25(36)34-17-9-7-15(8-10-17)14-35-21-6-2-1-4-19(21)27(38,26(35)37)23-20(29)5-3-11-32-23/h1-6,11-13,15,17,24,38H,7-10,14H2,(H,34,36). The van der Waals surface area contributed by atoms with Crippen LogP contribution in [0.1, 0.15) is 59.4 Å². The fourth-order valence-electron chi connectivity index (χ4n) is 5.31. The minimum Gasteiger partial charge on any atom is -0.370 e.